The smallest absolute Gasteiger partial charge is 0.271 e. The lowest BCUT2D eigenvalue weighted by Crippen LogP contribution is -2.16. The van der Waals surface area contributed by atoms with Crippen LogP contribution in [-0.2, 0) is 4.74 Å². The number of anilines is 1. The second-order valence-electron chi connectivity index (χ2n) is 5.91. The van der Waals surface area contributed by atoms with E-state index in [0.29, 0.717) is 18.1 Å². The summed E-state index contributed by atoms with van der Waals surface area (Å²) in [6.45, 7) is 1.45. The molecule has 2 aromatic rings. The lowest BCUT2D eigenvalue weighted by atomic mass is 9.93. The second-order valence-corrected chi connectivity index (χ2v) is 5.91. The number of nitrogens with zero attached hydrogens (tertiary/aromatic N) is 1. The zero-order chi connectivity index (χ0) is 17.8. The van der Waals surface area contributed by atoms with Crippen molar-refractivity contribution < 1.29 is 18.8 Å². The van der Waals surface area contributed by atoms with E-state index in [9.17, 15) is 19.3 Å². The van der Waals surface area contributed by atoms with Crippen LogP contribution in [0.4, 0.5) is 15.8 Å². The number of benzene rings is 2. The van der Waals surface area contributed by atoms with Gasteiger partial charge in [-0.2, -0.15) is 0 Å². The van der Waals surface area contributed by atoms with Crippen molar-refractivity contribution in [2.24, 2.45) is 0 Å². The van der Waals surface area contributed by atoms with Crippen LogP contribution in [0.5, 0.6) is 0 Å². The normalized spacial score (nSPS) is 17.1. The van der Waals surface area contributed by atoms with Gasteiger partial charge < -0.3 is 10.1 Å². The summed E-state index contributed by atoms with van der Waals surface area (Å²) in [5.41, 5.74) is 0.942. The maximum atomic E-state index is 13.8. The van der Waals surface area contributed by atoms with Gasteiger partial charge in [0.2, 0.25) is 0 Å². The number of halogens is 1. The maximum absolute atomic E-state index is 13.8. The van der Waals surface area contributed by atoms with Crippen LogP contribution >= 0.6 is 0 Å². The highest BCUT2D eigenvalue weighted by Gasteiger charge is 2.17. The van der Waals surface area contributed by atoms with E-state index in [1.54, 1.807) is 12.1 Å². The van der Waals surface area contributed by atoms with Crippen LogP contribution in [0.1, 0.15) is 34.7 Å². The molecule has 1 heterocycles. The third-order valence-corrected chi connectivity index (χ3v) is 4.21. The van der Waals surface area contributed by atoms with E-state index >= 15 is 0 Å². The van der Waals surface area contributed by atoms with Gasteiger partial charge in [-0.1, -0.05) is 12.1 Å². The quantitative estimate of drug-likeness (QED) is 0.674. The average Bonchev–Trinajstić information content (AvgIpc) is 2.64. The molecule has 25 heavy (non-hydrogen) atoms. The molecule has 0 spiro atoms. The van der Waals surface area contributed by atoms with Gasteiger partial charge in [0.1, 0.15) is 5.82 Å². The number of carbonyl (C=O) groups excluding carboxylic acids is 1. The first-order valence-corrected chi connectivity index (χ1v) is 7.97. The summed E-state index contributed by atoms with van der Waals surface area (Å²) >= 11 is 0. The molecule has 2 aromatic carbocycles. The molecule has 0 aliphatic carbocycles. The molecule has 1 aliphatic rings. The Kier molecular flexibility index (Phi) is 5.04. The number of amides is 1. The molecule has 1 atom stereocenters. The van der Waals surface area contributed by atoms with Crippen molar-refractivity contribution in [1.29, 1.82) is 0 Å². The Labute approximate surface area is 143 Å². The number of rotatable bonds is 4. The zero-order valence-corrected chi connectivity index (χ0v) is 13.4. The topological polar surface area (TPSA) is 81.5 Å². The van der Waals surface area contributed by atoms with Gasteiger partial charge in [0.15, 0.2) is 0 Å². The molecule has 1 amide bonds. The summed E-state index contributed by atoms with van der Waals surface area (Å²) in [5.74, 6) is -0.930. The van der Waals surface area contributed by atoms with Crippen LogP contribution in [-0.4, -0.2) is 24.0 Å². The molecular weight excluding hydrogens is 327 g/mol. The highest BCUT2D eigenvalue weighted by atomic mass is 19.1. The fourth-order valence-electron chi connectivity index (χ4n) is 2.83. The van der Waals surface area contributed by atoms with E-state index in [0.717, 1.165) is 43.2 Å². The van der Waals surface area contributed by atoms with Crippen molar-refractivity contribution in [2.45, 2.75) is 18.8 Å². The lowest BCUT2D eigenvalue weighted by Gasteiger charge is -2.22. The summed E-state index contributed by atoms with van der Waals surface area (Å²) in [6.07, 6.45) is 2.06. The number of nitro groups is 1. The van der Waals surface area contributed by atoms with Gasteiger partial charge >= 0.3 is 0 Å². The first-order valence-electron chi connectivity index (χ1n) is 7.97. The minimum Gasteiger partial charge on any atom is -0.381 e. The molecule has 0 aromatic heterocycles. The van der Waals surface area contributed by atoms with Gasteiger partial charge in [-0.15, -0.1) is 0 Å². The molecular formula is C18H17FN2O4. The summed E-state index contributed by atoms with van der Waals surface area (Å²) < 4.78 is 19.2. The number of non-ortho nitro benzene ring substituents is 1. The Bertz CT molecular complexity index is 786. The van der Waals surface area contributed by atoms with E-state index < -0.39 is 16.6 Å². The monoisotopic (exact) mass is 344 g/mol. The summed E-state index contributed by atoms with van der Waals surface area (Å²) in [6, 6.07) is 10.0. The predicted molar refractivity (Wildman–Crippen MR) is 90.2 cm³/mol. The van der Waals surface area contributed by atoms with E-state index in [-0.39, 0.29) is 11.4 Å². The first-order chi connectivity index (χ1) is 12.0. The molecule has 1 aliphatic heterocycles. The number of carbonyl (C=O) groups is 1. The number of hydrogen-bond acceptors (Lipinski definition) is 4. The maximum Gasteiger partial charge on any atom is 0.271 e. The molecule has 1 fully saturated rings. The molecule has 7 heteroatoms. The van der Waals surface area contributed by atoms with Gasteiger partial charge in [0.05, 0.1) is 17.2 Å². The van der Waals surface area contributed by atoms with Gasteiger partial charge in [0, 0.05) is 30.2 Å². The third-order valence-electron chi connectivity index (χ3n) is 4.21. The molecule has 1 N–H and O–H groups in total. The highest BCUT2D eigenvalue weighted by Crippen LogP contribution is 2.26. The van der Waals surface area contributed by atoms with Crippen LogP contribution in [0, 0.1) is 15.9 Å². The van der Waals surface area contributed by atoms with Crippen molar-refractivity contribution >= 4 is 17.3 Å². The number of hydrogen-bond donors (Lipinski definition) is 1. The van der Waals surface area contributed by atoms with Crippen molar-refractivity contribution in [3.05, 3.63) is 69.5 Å². The van der Waals surface area contributed by atoms with E-state index in [1.807, 2.05) is 12.1 Å². The Morgan fingerprint density at radius 3 is 2.64 bits per heavy atom. The minimum absolute atomic E-state index is 0.219. The van der Waals surface area contributed by atoms with Crippen LogP contribution in [0.2, 0.25) is 0 Å². The molecule has 1 unspecified atom stereocenters. The van der Waals surface area contributed by atoms with E-state index in [4.69, 9.17) is 4.74 Å². The SMILES string of the molecule is O=C(Nc1cc([N+](=O)[O-])ccc1F)c1ccc(C2CCCOC2)cc1. The molecule has 3 rings (SSSR count). The Balaban J connectivity index is 1.73. The van der Waals surface area contributed by atoms with Crippen molar-refractivity contribution in [3.8, 4) is 0 Å². The van der Waals surface area contributed by atoms with Crippen LogP contribution in [0.3, 0.4) is 0 Å². The zero-order valence-electron chi connectivity index (χ0n) is 13.4. The fraction of sp³-hybridized carbons (Fsp3) is 0.278. The summed E-state index contributed by atoms with van der Waals surface area (Å²) in [7, 11) is 0. The minimum atomic E-state index is -0.727. The number of ether oxygens (including phenoxy) is 1. The van der Waals surface area contributed by atoms with Gasteiger partial charge in [-0.3, -0.25) is 14.9 Å². The summed E-state index contributed by atoms with van der Waals surface area (Å²) in [5, 5.41) is 13.1. The molecule has 0 bridgehead atoms. The molecule has 1 saturated heterocycles. The first kappa shape index (κ1) is 17.0. The number of nitrogens with one attached hydrogen (secondary N) is 1. The van der Waals surface area contributed by atoms with Crippen molar-refractivity contribution in [3.63, 3.8) is 0 Å². The molecule has 130 valence electrons. The van der Waals surface area contributed by atoms with Crippen LogP contribution < -0.4 is 5.32 Å². The van der Waals surface area contributed by atoms with E-state index in [1.165, 1.54) is 0 Å². The standard InChI is InChI=1S/C18H17FN2O4/c19-16-8-7-15(21(23)24)10-17(16)20-18(22)13-5-3-12(4-6-13)14-2-1-9-25-11-14/h3-8,10,14H,1-2,9,11H2,(H,20,22). The largest absolute Gasteiger partial charge is 0.381 e. The van der Waals surface area contributed by atoms with Gasteiger partial charge in [-0.05, 0) is 36.6 Å². The van der Waals surface area contributed by atoms with Crippen molar-refractivity contribution in [1.82, 2.24) is 0 Å². The Morgan fingerprint density at radius 2 is 2.00 bits per heavy atom. The van der Waals surface area contributed by atoms with Gasteiger partial charge in [0.25, 0.3) is 11.6 Å². The molecule has 0 radical (unpaired) electrons. The highest BCUT2D eigenvalue weighted by molar-refractivity contribution is 6.04. The fourth-order valence-corrected chi connectivity index (χ4v) is 2.83. The Morgan fingerprint density at radius 1 is 1.24 bits per heavy atom. The van der Waals surface area contributed by atoms with Crippen LogP contribution in [0.25, 0.3) is 0 Å². The predicted octanol–water partition coefficient (Wildman–Crippen LogP) is 3.88. The van der Waals surface area contributed by atoms with Crippen molar-refractivity contribution in [2.75, 3.05) is 18.5 Å². The Hall–Kier alpha value is -2.80. The lowest BCUT2D eigenvalue weighted by molar-refractivity contribution is -0.384. The van der Waals surface area contributed by atoms with Crippen LogP contribution in [0.15, 0.2) is 42.5 Å². The van der Waals surface area contributed by atoms with E-state index in [2.05, 4.69) is 5.32 Å². The molecule has 0 saturated carbocycles. The van der Waals surface area contributed by atoms with Gasteiger partial charge in [-0.25, -0.2) is 4.39 Å². The molecule has 6 nitrogen and oxygen atoms in total. The summed E-state index contributed by atoms with van der Waals surface area (Å²) in [4.78, 5) is 22.4. The number of nitro benzene ring substituents is 1. The second kappa shape index (κ2) is 7.40. The average molecular weight is 344 g/mol. The third kappa shape index (κ3) is 4.00.